The van der Waals surface area contributed by atoms with Crippen molar-refractivity contribution in [2.45, 2.75) is 83.3 Å². The highest BCUT2D eigenvalue weighted by Crippen LogP contribution is 2.23. The molecule has 4 aromatic carbocycles. The Kier molecular flexibility index (Phi) is 15.8. The van der Waals surface area contributed by atoms with Crippen molar-refractivity contribution < 1.29 is 42.9 Å². The van der Waals surface area contributed by atoms with Crippen LogP contribution in [0, 0.1) is 5.92 Å². The highest BCUT2D eigenvalue weighted by Gasteiger charge is 2.33. The minimum absolute atomic E-state index is 0.0603. The van der Waals surface area contributed by atoms with Gasteiger partial charge in [-0.3, -0.25) is 14.4 Å². The summed E-state index contributed by atoms with van der Waals surface area (Å²) in [5.74, 6) is -2.54. The molecule has 1 saturated carbocycles. The van der Waals surface area contributed by atoms with Crippen molar-refractivity contribution in [1.82, 2.24) is 10.6 Å². The first kappa shape index (κ1) is 40.2. The third kappa shape index (κ3) is 14.1. The summed E-state index contributed by atoms with van der Waals surface area (Å²) in [5.41, 5.74) is 3.00. The molecule has 55 heavy (non-hydrogen) atoms. The molecule has 1 atom stereocenters. The van der Waals surface area contributed by atoms with E-state index in [2.05, 4.69) is 10.6 Å². The minimum atomic E-state index is -1.70. The molecule has 0 spiro atoms. The molecule has 1 aliphatic rings. The van der Waals surface area contributed by atoms with Crippen molar-refractivity contribution >= 4 is 29.7 Å². The molecule has 1 aliphatic carbocycles. The van der Waals surface area contributed by atoms with Crippen LogP contribution in [-0.4, -0.2) is 48.4 Å². The molecule has 0 aromatic heterocycles. The number of ether oxygens (including phenoxy) is 4. The number of hydrogen-bond acceptors (Lipinski definition) is 9. The molecule has 1 fully saturated rings. The minimum Gasteiger partial charge on any atom is -0.467 e. The third-order valence-corrected chi connectivity index (χ3v) is 9.23. The summed E-state index contributed by atoms with van der Waals surface area (Å²) in [5, 5.41) is 5.82. The lowest BCUT2D eigenvalue weighted by Gasteiger charge is -2.24. The quantitative estimate of drug-likeness (QED) is 0.0654. The summed E-state index contributed by atoms with van der Waals surface area (Å²) in [6.07, 6.45) is 3.71. The summed E-state index contributed by atoms with van der Waals surface area (Å²) in [4.78, 5) is 65.2. The SMILES string of the molecule is O=C(CCC(=O)OCc1ccccc1)N[C@@H](Cc1ccc(OC(C(=O)OCc2ccccc2)C(=O)OCc2ccccc2)cc1)C(=O)NCC1CCCCC1. The number of rotatable bonds is 19. The van der Waals surface area contributed by atoms with Crippen LogP contribution in [0.1, 0.15) is 67.2 Å². The van der Waals surface area contributed by atoms with Gasteiger partial charge in [-0.1, -0.05) is 122 Å². The standard InChI is InChI=1S/C44H48N2O9/c47-39(25-26-40(48)52-29-34-15-7-2-8-16-34)46-38(42(49)45-28-33-13-5-1-6-14-33)27-32-21-23-37(24-22-32)55-41(43(50)53-30-35-17-9-3-10-18-35)44(51)54-31-36-19-11-4-12-20-36/h2-4,7-12,15-24,33,38,41H,1,5-6,13-14,25-31H2,(H,45,49)(H,46,47)/t38-/m0/s1. The first-order chi connectivity index (χ1) is 26.8. The van der Waals surface area contributed by atoms with Crippen LogP contribution in [0.2, 0.25) is 0 Å². The fraction of sp³-hybridized carbons (Fsp3) is 0.341. The Morgan fingerprint density at radius 1 is 0.582 bits per heavy atom. The van der Waals surface area contributed by atoms with Crippen LogP contribution in [-0.2, 0) is 64.4 Å². The molecule has 0 bridgehead atoms. The van der Waals surface area contributed by atoms with Gasteiger partial charge >= 0.3 is 17.9 Å². The van der Waals surface area contributed by atoms with Gasteiger partial charge in [-0.05, 0) is 53.1 Å². The molecule has 0 unspecified atom stereocenters. The number of nitrogens with one attached hydrogen (secondary N) is 2. The number of esters is 3. The Morgan fingerprint density at radius 2 is 1.09 bits per heavy atom. The molecule has 0 aliphatic heterocycles. The van der Waals surface area contributed by atoms with Crippen molar-refractivity contribution in [2.24, 2.45) is 5.92 Å². The molecule has 4 aromatic rings. The average Bonchev–Trinajstić information content (AvgIpc) is 3.23. The van der Waals surface area contributed by atoms with E-state index in [0.29, 0.717) is 18.0 Å². The highest BCUT2D eigenvalue weighted by molar-refractivity contribution is 5.98. The zero-order valence-corrected chi connectivity index (χ0v) is 30.9. The lowest BCUT2D eigenvalue weighted by molar-refractivity contribution is -0.168. The molecular weight excluding hydrogens is 700 g/mol. The summed E-state index contributed by atoms with van der Waals surface area (Å²) < 4.78 is 22.0. The molecule has 0 radical (unpaired) electrons. The van der Waals surface area contributed by atoms with Gasteiger partial charge in [0.25, 0.3) is 6.10 Å². The maximum atomic E-state index is 13.5. The number of carbonyl (C=O) groups is 5. The highest BCUT2D eigenvalue weighted by atomic mass is 16.6. The maximum absolute atomic E-state index is 13.5. The Balaban J connectivity index is 1.21. The molecule has 11 heteroatoms. The van der Waals surface area contributed by atoms with Crippen LogP contribution in [0.15, 0.2) is 115 Å². The molecule has 2 amide bonds. The van der Waals surface area contributed by atoms with E-state index in [1.165, 1.54) is 6.42 Å². The molecule has 0 heterocycles. The van der Waals surface area contributed by atoms with Gasteiger partial charge in [-0.15, -0.1) is 0 Å². The topological polar surface area (TPSA) is 146 Å². The second-order valence-electron chi connectivity index (χ2n) is 13.5. The van der Waals surface area contributed by atoms with Gasteiger partial charge in [0, 0.05) is 19.4 Å². The number of hydrogen-bond donors (Lipinski definition) is 2. The van der Waals surface area contributed by atoms with Gasteiger partial charge in [0.05, 0.1) is 6.42 Å². The predicted molar refractivity (Wildman–Crippen MR) is 204 cm³/mol. The fourth-order valence-corrected chi connectivity index (χ4v) is 6.14. The molecule has 2 N–H and O–H groups in total. The van der Waals surface area contributed by atoms with E-state index in [9.17, 15) is 24.0 Å². The zero-order valence-electron chi connectivity index (χ0n) is 30.9. The average molecular weight is 749 g/mol. The van der Waals surface area contributed by atoms with Crippen molar-refractivity contribution in [1.29, 1.82) is 0 Å². The summed E-state index contributed by atoms with van der Waals surface area (Å²) in [7, 11) is 0. The van der Waals surface area contributed by atoms with E-state index in [1.807, 2.05) is 66.7 Å². The fourth-order valence-electron chi connectivity index (χ4n) is 6.14. The normalized spacial score (nSPS) is 13.3. The third-order valence-electron chi connectivity index (χ3n) is 9.23. The van der Waals surface area contributed by atoms with E-state index in [1.54, 1.807) is 48.5 Å². The Bertz CT molecular complexity index is 1760. The lowest BCUT2D eigenvalue weighted by Crippen LogP contribution is -2.49. The smallest absolute Gasteiger partial charge is 0.359 e. The van der Waals surface area contributed by atoms with E-state index in [0.717, 1.165) is 42.4 Å². The van der Waals surface area contributed by atoms with Gasteiger partial charge < -0.3 is 29.6 Å². The van der Waals surface area contributed by atoms with Crippen LogP contribution in [0.3, 0.4) is 0 Å². The van der Waals surface area contributed by atoms with Crippen molar-refractivity contribution in [3.05, 3.63) is 138 Å². The van der Waals surface area contributed by atoms with Crippen LogP contribution < -0.4 is 15.4 Å². The number of carbonyl (C=O) groups excluding carboxylic acids is 5. The number of amides is 2. The lowest BCUT2D eigenvalue weighted by atomic mass is 9.89. The monoisotopic (exact) mass is 748 g/mol. The Labute approximate surface area is 321 Å². The molecular formula is C44H48N2O9. The molecule has 288 valence electrons. The van der Waals surface area contributed by atoms with E-state index in [4.69, 9.17) is 18.9 Å². The Hall–Kier alpha value is -5.97. The van der Waals surface area contributed by atoms with Gasteiger partial charge in [-0.2, -0.15) is 0 Å². The second kappa shape index (κ2) is 21.7. The van der Waals surface area contributed by atoms with E-state index in [-0.39, 0.29) is 50.7 Å². The Morgan fingerprint density at radius 3 is 1.62 bits per heavy atom. The molecule has 5 rings (SSSR count). The number of benzene rings is 4. The van der Waals surface area contributed by atoms with Crippen molar-refractivity contribution in [2.75, 3.05) is 6.54 Å². The van der Waals surface area contributed by atoms with Crippen LogP contribution >= 0.6 is 0 Å². The molecule has 0 saturated heterocycles. The first-order valence-corrected chi connectivity index (χ1v) is 18.8. The zero-order chi connectivity index (χ0) is 38.7. The summed E-state index contributed by atoms with van der Waals surface area (Å²) in [6, 6.07) is 33.0. The summed E-state index contributed by atoms with van der Waals surface area (Å²) in [6.45, 7) is 0.508. The largest absolute Gasteiger partial charge is 0.467 e. The van der Waals surface area contributed by atoms with Crippen LogP contribution in [0.25, 0.3) is 0 Å². The van der Waals surface area contributed by atoms with Gasteiger partial charge in [0.1, 0.15) is 31.6 Å². The van der Waals surface area contributed by atoms with Crippen molar-refractivity contribution in [3.8, 4) is 5.75 Å². The van der Waals surface area contributed by atoms with Gasteiger partial charge in [0.2, 0.25) is 11.8 Å². The van der Waals surface area contributed by atoms with Gasteiger partial charge in [0.15, 0.2) is 0 Å². The van der Waals surface area contributed by atoms with Crippen LogP contribution in [0.5, 0.6) is 5.75 Å². The predicted octanol–water partition coefficient (Wildman–Crippen LogP) is 6.17. The van der Waals surface area contributed by atoms with Gasteiger partial charge in [-0.25, -0.2) is 9.59 Å². The summed E-state index contributed by atoms with van der Waals surface area (Å²) >= 11 is 0. The second-order valence-corrected chi connectivity index (χ2v) is 13.5. The van der Waals surface area contributed by atoms with Crippen LogP contribution in [0.4, 0.5) is 0 Å². The molecule has 11 nitrogen and oxygen atoms in total. The van der Waals surface area contributed by atoms with E-state index < -0.39 is 36.0 Å². The maximum Gasteiger partial charge on any atom is 0.359 e. The van der Waals surface area contributed by atoms with E-state index >= 15 is 0 Å². The first-order valence-electron chi connectivity index (χ1n) is 18.8. The van der Waals surface area contributed by atoms with Crippen molar-refractivity contribution in [3.63, 3.8) is 0 Å².